The fourth-order valence-corrected chi connectivity index (χ4v) is 3.30. The smallest absolute Gasteiger partial charge is 0.269 e. The molecule has 0 saturated heterocycles. The molecule has 0 aliphatic carbocycles. The molecule has 7 nitrogen and oxygen atoms in total. The Bertz CT molecular complexity index is 1230. The van der Waals surface area contributed by atoms with Crippen molar-refractivity contribution in [1.82, 2.24) is 0 Å². The number of ether oxygens (including phenoxy) is 1. The molecule has 7 heteroatoms. The summed E-state index contributed by atoms with van der Waals surface area (Å²) in [6, 6.07) is 17.2. The molecule has 1 aromatic heterocycles. The van der Waals surface area contributed by atoms with Gasteiger partial charge in [0.25, 0.3) is 5.69 Å². The van der Waals surface area contributed by atoms with Crippen molar-refractivity contribution in [3.8, 4) is 5.75 Å². The van der Waals surface area contributed by atoms with Gasteiger partial charge in [0.15, 0.2) is 0 Å². The van der Waals surface area contributed by atoms with Crippen molar-refractivity contribution in [3.63, 3.8) is 0 Å². The Kier molecular flexibility index (Phi) is 4.64. The Morgan fingerprint density at radius 2 is 1.79 bits per heavy atom. The van der Waals surface area contributed by atoms with E-state index in [9.17, 15) is 14.9 Å². The molecule has 4 rings (SSSR count). The molecule has 1 atom stereocenters. The lowest BCUT2D eigenvalue weighted by atomic mass is 10.00. The molecular formula is C22H18N2O5. The molecule has 1 heterocycles. The maximum absolute atomic E-state index is 12.8. The number of nitrogens with zero attached hydrogens (tertiary/aromatic N) is 1. The van der Waals surface area contributed by atoms with Gasteiger partial charge in [0.05, 0.1) is 23.6 Å². The first-order chi connectivity index (χ1) is 14.0. The molecule has 0 aliphatic heterocycles. The van der Waals surface area contributed by atoms with E-state index in [1.54, 1.807) is 32.2 Å². The van der Waals surface area contributed by atoms with Crippen LogP contribution in [0.5, 0.6) is 5.75 Å². The molecule has 1 amide bonds. The molecule has 0 radical (unpaired) electrons. The lowest BCUT2D eigenvalue weighted by molar-refractivity contribution is -0.384. The van der Waals surface area contributed by atoms with E-state index in [1.807, 2.05) is 30.3 Å². The number of rotatable bonds is 5. The summed E-state index contributed by atoms with van der Waals surface area (Å²) in [5, 5.41) is 15.6. The zero-order valence-electron chi connectivity index (χ0n) is 15.8. The maximum Gasteiger partial charge on any atom is 0.269 e. The highest BCUT2D eigenvalue weighted by Crippen LogP contribution is 2.36. The van der Waals surface area contributed by atoms with Crippen LogP contribution in [0.4, 0.5) is 11.4 Å². The lowest BCUT2D eigenvalue weighted by Crippen LogP contribution is -2.19. The molecular weight excluding hydrogens is 372 g/mol. The van der Waals surface area contributed by atoms with Gasteiger partial charge in [-0.15, -0.1) is 0 Å². The number of nitro benzene ring substituents is 1. The summed E-state index contributed by atoms with van der Waals surface area (Å²) >= 11 is 0. The third-order valence-corrected chi connectivity index (χ3v) is 4.95. The molecule has 146 valence electrons. The third-order valence-electron chi connectivity index (χ3n) is 4.95. The summed E-state index contributed by atoms with van der Waals surface area (Å²) in [7, 11) is 1.54. The molecule has 4 aromatic rings. The van der Waals surface area contributed by atoms with E-state index in [2.05, 4.69) is 5.32 Å². The van der Waals surface area contributed by atoms with Crippen LogP contribution in [0, 0.1) is 10.1 Å². The number of hydrogen-bond acceptors (Lipinski definition) is 5. The highest BCUT2D eigenvalue weighted by molar-refractivity contribution is 6.08. The number of anilines is 1. The van der Waals surface area contributed by atoms with E-state index in [1.165, 1.54) is 12.1 Å². The van der Waals surface area contributed by atoms with Crippen molar-refractivity contribution in [2.75, 3.05) is 12.4 Å². The second kappa shape index (κ2) is 7.27. The first-order valence-corrected chi connectivity index (χ1v) is 9.02. The van der Waals surface area contributed by atoms with Crippen LogP contribution in [0.25, 0.3) is 21.9 Å². The predicted molar refractivity (Wildman–Crippen MR) is 110 cm³/mol. The number of furan rings is 1. The van der Waals surface area contributed by atoms with Crippen LogP contribution in [-0.2, 0) is 4.79 Å². The quantitative estimate of drug-likeness (QED) is 0.371. The van der Waals surface area contributed by atoms with E-state index in [4.69, 9.17) is 9.15 Å². The van der Waals surface area contributed by atoms with Gasteiger partial charge in [-0.05, 0) is 24.6 Å². The number of non-ortho nitro benzene ring substituents is 1. The van der Waals surface area contributed by atoms with Crippen LogP contribution >= 0.6 is 0 Å². The first kappa shape index (κ1) is 18.5. The van der Waals surface area contributed by atoms with E-state index in [-0.39, 0.29) is 11.6 Å². The van der Waals surface area contributed by atoms with Crippen LogP contribution in [0.1, 0.15) is 18.4 Å². The van der Waals surface area contributed by atoms with Gasteiger partial charge in [0.1, 0.15) is 16.9 Å². The Balaban J connectivity index is 1.64. The standard InChI is InChI=1S/C22H18N2O5/c1-13(14-7-9-15(10-8-14)24(26)27)22(25)23-18-12-20-17(11-21(18)28-2)16-5-3-4-6-19(16)29-20/h3-13H,1-2H3,(H,23,25)/t13-/m0/s1. The van der Waals surface area contributed by atoms with Crippen LogP contribution < -0.4 is 10.1 Å². The molecule has 0 spiro atoms. The minimum Gasteiger partial charge on any atom is -0.495 e. The normalized spacial score (nSPS) is 12.1. The number of hydrogen-bond donors (Lipinski definition) is 1. The number of benzene rings is 3. The summed E-state index contributed by atoms with van der Waals surface area (Å²) in [5.41, 5.74) is 2.56. The van der Waals surface area contributed by atoms with E-state index in [0.29, 0.717) is 22.6 Å². The van der Waals surface area contributed by atoms with Crippen molar-refractivity contribution in [2.45, 2.75) is 12.8 Å². The number of fused-ring (bicyclic) bond motifs is 3. The monoisotopic (exact) mass is 390 g/mol. The number of para-hydroxylation sites is 1. The fourth-order valence-electron chi connectivity index (χ4n) is 3.30. The summed E-state index contributed by atoms with van der Waals surface area (Å²) in [5.74, 6) is -0.243. The van der Waals surface area contributed by atoms with Crippen LogP contribution in [0.3, 0.4) is 0 Å². The molecule has 29 heavy (non-hydrogen) atoms. The number of carbonyl (C=O) groups is 1. The number of carbonyl (C=O) groups excluding carboxylic acids is 1. The maximum atomic E-state index is 12.8. The molecule has 1 N–H and O–H groups in total. The number of nitro groups is 1. The summed E-state index contributed by atoms with van der Waals surface area (Å²) in [6.45, 7) is 1.74. The second-order valence-corrected chi connectivity index (χ2v) is 6.71. The summed E-state index contributed by atoms with van der Waals surface area (Å²) in [4.78, 5) is 23.1. The Morgan fingerprint density at radius 3 is 2.48 bits per heavy atom. The molecule has 0 bridgehead atoms. The average molecular weight is 390 g/mol. The highest BCUT2D eigenvalue weighted by Gasteiger charge is 2.19. The highest BCUT2D eigenvalue weighted by atomic mass is 16.6. The molecule has 0 fully saturated rings. The van der Waals surface area contributed by atoms with Gasteiger partial charge in [-0.1, -0.05) is 30.3 Å². The minimum absolute atomic E-state index is 0.0154. The zero-order chi connectivity index (χ0) is 20.5. The van der Waals surface area contributed by atoms with Crippen molar-refractivity contribution in [1.29, 1.82) is 0 Å². The average Bonchev–Trinajstić information content (AvgIpc) is 3.09. The predicted octanol–water partition coefficient (Wildman–Crippen LogP) is 5.25. The van der Waals surface area contributed by atoms with Gasteiger partial charge in [-0.2, -0.15) is 0 Å². The van der Waals surface area contributed by atoms with Crippen molar-refractivity contribution in [2.24, 2.45) is 0 Å². The molecule has 0 aliphatic rings. The van der Waals surface area contributed by atoms with E-state index < -0.39 is 10.8 Å². The fraction of sp³-hybridized carbons (Fsp3) is 0.136. The second-order valence-electron chi connectivity index (χ2n) is 6.71. The summed E-state index contributed by atoms with van der Waals surface area (Å²) in [6.07, 6.45) is 0. The van der Waals surface area contributed by atoms with E-state index in [0.717, 1.165) is 16.4 Å². The SMILES string of the molecule is COc1cc2c(cc1NC(=O)[C@@H](C)c1ccc([N+](=O)[O-])cc1)oc1ccccc12. The van der Waals surface area contributed by atoms with Crippen LogP contribution in [0.15, 0.2) is 65.1 Å². The zero-order valence-corrected chi connectivity index (χ0v) is 15.8. The van der Waals surface area contributed by atoms with Gasteiger partial charge in [0.2, 0.25) is 5.91 Å². The van der Waals surface area contributed by atoms with Gasteiger partial charge in [0, 0.05) is 29.0 Å². The lowest BCUT2D eigenvalue weighted by Gasteiger charge is -2.15. The van der Waals surface area contributed by atoms with E-state index >= 15 is 0 Å². The molecule has 0 saturated carbocycles. The summed E-state index contributed by atoms with van der Waals surface area (Å²) < 4.78 is 11.4. The van der Waals surface area contributed by atoms with Crippen molar-refractivity contribution in [3.05, 3.63) is 76.3 Å². The van der Waals surface area contributed by atoms with Gasteiger partial charge < -0.3 is 14.5 Å². The van der Waals surface area contributed by atoms with Gasteiger partial charge in [-0.25, -0.2) is 0 Å². The Morgan fingerprint density at radius 1 is 1.07 bits per heavy atom. The Hall–Kier alpha value is -3.87. The van der Waals surface area contributed by atoms with Crippen LogP contribution in [-0.4, -0.2) is 17.9 Å². The largest absolute Gasteiger partial charge is 0.495 e. The van der Waals surface area contributed by atoms with Crippen molar-refractivity contribution >= 4 is 39.2 Å². The third kappa shape index (κ3) is 3.38. The van der Waals surface area contributed by atoms with Crippen molar-refractivity contribution < 1.29 is 18.9 Å². The number of nitrogens with one attached hydrogen (secondary N) is 1. The molecule has 3 aromatic carbocycles. The number of methoxy groups -OCH3 is 1. The molecule has 0 unspecified atom stereocenters. The first-order valence-electron chi connectivity index (χ1n) is 9.02. The number of amides is 1. The van der Waals surface area contributed by atoms with Crippen LogP contribution in [0.2, 0.25) is 0 Å². The minimum atomic E-state index is -0.508. The van der Waals surface area contributed by atoms with Gasteiger partial charge in [-0.3, -0.25) is 14.9 Å². The van der Waals surface area contributed by atoms with Gasteiger partial charge >= 0.3 is 0 Å². The topological polar surface area (TPSA) is 94.6 Å². The Labute approximate surface area is 166 Å².